The van der Waals surface area contributed by atoms with Crippen LogP contribution in [0.2, 0.25) is 0 Å². The van der Waals surface area contributed by atoms with Crippen molar-refractivity contribution in [1.29, 1.82) is 0 Å². The number of likely N-dealkylation sites (tertiary alicyclic amines) is 1. The van der Waals surface area contributed by atoms with E-state index in [0.29, 0.717) is 11.3 Å². The molecular formula is C28H28N2O4. The molecule has 0 bridgehead atoms. The van der Waals surface area contributed by atoms with Crippen molar-refractivity contribution >= 4 is 17.4 Å². The highest BCUT2D eigenvalue weighted by Crippen LogP contribution is 2.40. The highest BCUT2D eigenvalue weighted by Gasteiger charge is 2.46. The SMILES string of the molecule is Cc1cccc(C2/C(=C(/O)c3ccc(OC(C)C)c(C)c3)C(=O)C(=O)N2Cc2cccnc2)c1. The molecule has 0 radical (unpaired) electrons. The molecule has 34 heavy (non-hydrogen) atoms. The van der Waals surface area contributed by atoms with E-state index in [1.165, 1.54) is 4.90 Å². The zero-order valence-corrected chi connectivity index (χ0v) is 19.8. The van der Waals surface area contributed by atoms with Crippen molar-refractivity contribution in [3.05, 3.63) is 100 Å². The first-order chi connectivity index (χ1) is 16.3. The molecule has 1 unspecified atom stereocenters. The lowest BCUT2D eigenvalue weighted by Crippen LogP contribution is -2.29. The predicted octanol–water partition coefficient (Wildman–Crippen LogP) is 5.11. The maximum absolute atomic E-state index is 13.2. The van der Waals surface area contributed by atoms with Gasteiger partial charge in [-0.1, -0.05) is 35.9 Å². The third-order valence-electron chi connectivity index (χ3n) is 5.78. The van der Waals surface area contributed by atoms with Crippen LogP contribution in [-0.4, -0.2) is 32.8 Å². The highest BCUT2D eigenvalue weighted by atomic mass is 16.5. The van der Waals surface area contributed by atoms with E-state index in [0.717, 1.165) is 22.3 Å². The number of carbonyl (C=O) groups excluding carboxylic acids is 2. The minimum atomic E-state index is -0.716. The number of hydrogen-bond acceptors (Lipinski definition) is 5. The molecule has 2 aromatic carbocycles. The standard InChI is InChI=1S/C28H28N2O4/c1-17(2)34-23-11-10-22(14-19(23)4)26(31)24-25(21-9-5-7-18(3)13-21)30(28(33)27(24)32)16-20-8-6-12-29-15-20/h5-15,17,25,31H,16H2,1-4H3/b26-24-. The van der Waals surface area contributed by atoms with Crippen molar-refractivity contribution in [2.75, 3.05) is 0 Å². The van der Waals surface area contributed by atoms with Crippen molar-refractivity contribution in [2.24, 2.45) is 0 Å². The molecule has 0 aliphatic carbocycles. The molecule has 6 nitrogen and oxygen atoms in total. The molecule has 1 saturated heterocycles. The molecule has 1 fully saturated rings. The summed E-state index contributed by atoms with van der Waals surface area (Å²) in [7, 11) is 0. The van der Waals surface area contributed by atoms with E-state index in [4.69, 9.17) is 4.74 Å². The number of hydrogen-bond donors (Lipinski definition) is 1. The second kappa shape index (κ2) is 9.51. The molecule has 1 atom stereocenters. The van der Waals surface area contributed by atoms with Crippen molar-refractivity contribution in [2.45, 2.75) is 46.4 Å². The van der Waals surface area contributed by atoms with Crippen molar-refractivity contribution < 1.29 is 19.4 Å². The van der Waals surface area contributed by atoms with Gasteiger partial charge in [-0.2, -0.15) is 0 Å². The van der Waals surface area contributed by atoms with Crippen LogP contribution < -0.4 is 4.74 Å². The Hall–Kier alpha value is -3.93. The van der Waals surface area contributed by atoms with Gasteiger partial charge in [0.15, 0.2) is 0 Å². The van der Waals surface area contributed by atoms with Gasteiger partial charge in [0, 0.05) is 24.5 Å². The Morgan fingerprint density at radius 1 is 1.09 bits per heavy atom. The minimum absolute atomic E-state index is 0.0114. The van der Waals surface area contributed by atoms with Crippen LogP contribution in [0.4, 0.5) is 0 Å². The van der Waals surface area contributed by atoms with Crippen molar-refractivity contribution in [1.82, 2.24) is 9.88 Å². The summed E-state index contributed by atoms with van der Waals surface area (Å²) in [6.45, 7) is 7.92. The van der Waals surface area contributed by atoms with Gasteiger partial charge in [-0.05, 0) is 68.7 Å². The first-order valence-corrected chi connectivity index (χ1v) is 11.3. The van der Waals surface area contributed by atoms with Crippen LogP contribution in [0.1, 0.15) is 47.7 Å². The lowest BCUT2D eigenvalue weighted by atomic mass is 9.94. The molecule has 1 amide bonds. The van der Waals surface area contributed by atoms with Gasteiger partial charge in [0.05, 0.1) is 17.7 Å². The van der Waals surface area contributed by atoms with Gasteiger partial charge in [0.1, 0.15) is 11.5 Å². The fourth-order valence-electron chi connectivity index (χ4n) is 4.26. The Kier molecular flexibility index (Phi) is 6.50. The van der Waals surface area contributed by atoms with Crippen LogP contribution in [0.25, 0.3) is 5.76 Å². The van der Waals surface area contributed by atoms with Gasteiger partial charge in [-0.25, -0.2) is 0 Å². The summed E-state index contributed by atoms with van der Waals surface area (Å²) in [4.78, 5) is 32.0. The fraction of sp³-hybridized carbons (Fsp3) is 0.250. The van der Waals surface area contributed by atoms with E-state index < -0.39 is 17.7 Å². The van der Waals surface area contributed by atoms with E-state index in [1.54, 1.807) is 36.7 Å². The topological polar surface area (TPSA) is 79.7 Å². The summed E-state index contributed by atoms with van der Waals surface area (Å²) < 4.78 is 5.80. The van der Waals surface area contributed by atoms with Crippen LogP contribution >= 0.6 is 0 Å². The Bertz CT molecular complexity index is 1260. The molecule has 1 aromatic heterocycles. The third-order valence-corrected chi connectivity index (χ3v) is 5.78. The van der Waals surface area contributed by atoms with Gasteiger partial charge in [0.2, 0.25) is 0 Å². The largest absolute Gasteiger partial charge is 0.507 e. The maximum atomic E-state index is 13.2. The number of aryl methyl sites for hydroxylation is 2. The molecule has 3 aromatic rings. The Morgan fingerprint density at radius 2 is 1.88 bits per heavy atom. The normalized spacial score (nSPS) is 17.4. The molecule has 0 saturated carbocycles. The Balaban J connectivity index is 1.83. The number of ketones is 1. The minimum Gasteiger partial charge on any atom is -0.507 e. The number of carbonyl (C=O) groups is 2. The Morgan fingerprint density at radius 3 is 2.53 bits per heavy atom. The summed E-state index contributed by atoms with van der Waals surface area (Å²) in [5.41, 5.74) is 3.93. The highest BCUT2D eigenvalue weighted by molar-refractivity contribution is 6.46. The number of aliphatic hydroxyl groups is 1. The number of benzene rings is 2. The van der Waals surface area contributed by atoms with Crippen LogP contribution in [0.15, 0.2) is 72.6 Å². The van der Waals surface area contributed by atoms with Crippen LogP contribution in [0, 0.1) is 13.8 Å². The van der Waals surface area contributed by atoms with Gasteiger partial charge in [-0.15, -0.1) is 0 Å². The predicted molar refractivity (Wildman–Crippen MR) is 130 cm³/mol. The number of aromatic nitrogens is 1. The van der Waals surface area contributed by atoms with Gasteiger partial charge in [0.25, 0.3) is 11.7 Å². The number of rotatable bonds is 6. The molecule has 2 heterocycles. The van der Waals surface area contributed by atoms with E-state index >= 15 is 0 Å². The quantitative estimate of drug-likeness (QED) is 0.317. The van der Waals surface area contributed by atoms with E-state index in [1.807, 2.05) is 58.0 Å². The molecule has 0 spiro atoms. The van der Waals surface area contributed by atoms with Crippen LogP contribution in [0.3, 0.4) is 0 Å². The monoisotopic (exact) mass is 456 g/mol. The molecule has 1 aliphatic heterocycles. The average Bonchev–Trinajstić information content (AvgIpc) is 3.05. The summed E-state index contributed by atoms with van der Waals surface area (Å²) in [6.07, 6.45) is 3.34. The van der Waals surface area contributed by atoms with Crippen molar-refractivity contribution in [3.63, 3.8) is 0 Å². The maximum Gasteiger partial charge on any atom is 0.295 e. The second-order valence-corrected chi connectivity index (χ2v) is 8.85. The second-order valence-electron chi connectivity index (χ2n) is 8.85. The molecular weight excluding hydrogens is 428 g/mol. The van der Waals surface area contributed by atoms with Gasteiger partial charge in [-0.3, -0.25) is 14.6 Å². The molecule has 174 valence electrons. The van der Waals surface area contributed by atoms with E-state index in [9.17, 15) is 14.7 Å². The number of pyridine rings is 1. The molecule has 6 heteroatoms. The average molecular weight is 457 g/mol. The summed E-state index contributed by atoms with van der Waals surface area (Å²) in [6, 6.07) is 15.8. The van der Waals surface area contributed by atoms with Crippen LogP contribution in [0.5, 0.6) is 5.75 Å². The zero-order valence-electron chi connectivity index (χ0n) is 19.8. The van der Waals surface area contributed by atoms with E-state index in [2.05, 4.69) is 4.98 Å². The lowest BCUT2D eigenvalue weighted by Gasteiger charge is -2.25. The molecule has 4 rings (SSSR count). The van der Waals surface area contributed by atoms with Crippen LogP contribution in [-0.2, 0) is 16.1 Å². The number of ether oxygens (including phenoxy) is 1. The molecule has 1 aliphatic rings. The lowest BCUT2D eigenvalue weighted by molar-refractivity contribution is -0.140. The summed E-state index contributed by atoms with van der Waals surface area (Å²) >= 11 is 0. The molecule has 1 N–H and O–H groups in total. The number of nitrogens with zero attached hydrogens (tertiary/aromatic N) is 2. The third kappa shape index (κ3) is 4.57. The number of aliphatic hydroxyl groups excluding tert-OH is 1. The summed E-state index contributed by atoms with van der Waals surface area (Å²) in [5.74, 6) is -0.835. The van der Waals surface area contributed by atoms with E-state index in [-0.39, 0.29) is 24.0 Å². The number of amides is 1. The fourth-order valence-corrected chi connectivity index (χ4v) is 4.26. The van der Waals surface area contributed by atoms with Gasteiger partial charge < -0.3 is 14.7 Å². The first-order valence-electron chi connectivity index (χ1n) is 11.3. The summed E-state index contributed by atoms with van der Waals surface area (Å²) in [5, 5.41) is 11.3. The van der Waals surface area contributed by atoms with Crippen molar-refractivity contribution in [3.8, 4) is 5.75 Å². The smallest absolute Gasteiger partial charge is 0.295 e. The number of Topliss-reactive ketones (excluding diaryl/α,β-unsaturated/α-hetero) is 1. The Labute approximate surface area is 199 Å². The van der Waals surface area contributed by atoms with Gasteiger partial charge >= 0.3 is 0 Å². The first kappa shape index (κ1) is 23.2. The zero-order chi connectivity index (χ0) is 24.4.